The van der Waals surface area contributed by atoms with Crippen LogP contribution in [0.1, 0.15) is 44.9 Å². The number of aryl methyl sites for hydroxylation is 1. The largest absolute Gasteiger partial charge is 0.335 e. The van der Waals surface area contributed by atoms with Crippen LogP contribution in [0.2, 0.25) is 0 Å². The summed E-state index contributed by atoms with van der Waals surface area (Å²) in [6, 6.07) is 0. The van der Waals surface area contributed by atoms with Gasteiger partial charge in [0.25, 0.3) is 0 Å². The first-order valence-electron chi connectivity index (χ1n) is 5.90. The molecule has 1 heterocycles. The van der Waals surface area contributed by atoms with Crippen molar-refractivity contribution in [1.82, 2.24) is 9.55 Å². The van der Waals surface area contributed by atoms with Gasteiger partial charge < -0.3 is 4.57 Å². The van der Waals surface area contributed by atoms with Crippen molar-refractivity contribution in [1.29, 1.82) is 0 Å². The van der Waals surface area contributed by atoms with E-state index in [1.54, 1.807) is 0 Å². The summed E-state index contributed by atoms with van der Waals surface area (Å²) in [5.74, 6) is 2.19. The topological polar surface area (TPSA) is 17.8 Å². The molecule has 2 nitrogen and oxygen atoms in total. The second-order valence-corrected chi connectivity index (χ2v) is 4.40. The Morgan fingerprint density at radius 3 is 2.93 bits per heavy atom. The highest BCUT2D eigenvalue weighted by molar-refractivity contribution is 4.93. The quantitative estimate of drug-likeness (QED) is 0.717. The van der Waals surface area contributed by atoms with Crippen molar-refractivity contribution in [3.8, 4) is 0 Å². The number of hydrogen-bond donors (Lipinski definition) is 0. The van der Waals surface area contributed by atoms with E-state index in [0.717, 1.165) is 12.3 Å². The Bertz CT molecular complexity index is 272. The Balaban J connectivity index is 1.96. The highest BCUT2D eigenvalue weighted by Crippen LogP contribution is 2.26. The molecule has 0 amide bonds. The first kappa shape index (κ1) is 9.75. The zero-order valence-electron chi connectivity index (χ0n) is 9.08. The lowest BCUT2D eigenvalue weighted by atomic mass is 10.1. The first-order chi connectivity index (χ1) is 6.90. The van der Waals surface area contributed by atoms with E-state index in [1.807, 2.05) is 6.20 Å². The summed E-state index contributed by atoms with van der Waals surface area (Å²) in [5.41, 5.74) is 0. The molecule has 0 bridgehead atoms. The molecule has 14 heavy (non-hydrogen) atoms. The summed E-state index contributed by atoms with van der Waals surface area (Å²) in [5, 5.41) is 0. The molecule has 0 aliphatic heterocycles. The molecule has 0 atom stereocenters. The summed E-state index contributed by atoms with van der Waals surface area (Å²) < 4.78 is 2.36. The third-order valence-electron chi connectivity index (χ3n) is 3.20. The van der Waals surface area contributed by atoms with Crippen LogP contribution < -0.4 is 0 Å². The molecule has 0 unspecified atom stereocenters. The molecule has 1 aliphatic rings. The van der Waals surface area contributed by atoms with Crippen molar-refractivity contribution < 1.29 is 0 Å². The van der Waals surface area contributed by atoms with Gasteiger partial charge >= 0.3 is 0 Å². The minimum atomic E-state index is 0.916. The number of nitrogens with zero attached hydrogens (tertiary/aromatic N) is 2. The molecule has 1 saturated carbocycles. The van der Waals surface area contributed by atoms with E-state index >= 15 is 0 Å². The molecule has 2 rings (SSSR count). The van der Waals surface area contributed by atoms with Gasteiger partial charge in [-0.05, 0) is 25.2 Å². The fourth-order valence-electron chi connectivity index (χ4n) is 2.43. The molecule has 1 aromatic heterocycles. The maximum Gasteiger partial charge on any atom is 0.108 e. The lowest BCUT2D eigenvalue weighted by Crippen LogP contribution is -2.09. The zero-order chi connectivity index (χ0) is 9.80. The lowest BCUT2D eigenvalue weighted by molar-refractivity contribution is 0.446. The van der Waals surface area contributed by atoms with Crippen LogP contribution in [0, 0.1) is 5.92 Å². The molecule has 0 radical (unpaired) electrons. The Morgan fingerprint density at radius 1 is 1.43 bits per heavy atom. The third-order valence-corrected chi connectivity index (χ3v) is 3.20. The standard InChI is InChI=1S/C12H20N2/c1-2-5-12-13-8-9-14(12)10-11-6-3-4-7-11/h8-9,11H,2-7,10H2,1H3. The van der Waals surface area contributed by atoms with Crippen LogP contribution in [-0.4, -0.2) is 9.55 Å². The van der Waals surface area contributed by atoms with E-state index in [-0.39, 0.29) is 0 Å². The van der Waals surface area contributed by atoms with Gasteiger partial charge in [0.05, 0.1) is 0 Å². The Morgan fingerprint density at radius 2 is 2.21 bits per heavy atom. The minimum absolute atomic E-state index is 0.916. The highest BCUT2D eigenvalue weighted by Gasteiger charge is 2.16. The van der Waals surface area contributed by atoms with Gasteiger partial charge in [-0.15, -0.1) is 0 Å². The zero-order valence-corrected chi connectivity index (χ0v) is 9.08. The summed E-state index contributed by atoms with van der Waals surface area (Å²) in [6.45, 7) is 3.42. The van der Waals surface area contributed by atoms with Crippen LogP contribution in [0.25, 0.3) is 0 Å². The van der Waals surface area contributed by atoms with E-state index in [0.29, 0.717) is 0 Å². The summed E-state index contributed by atoms with van der Waals surface area (Å²) in [4.78, 5) is 4.41. The number of hydrogen-bond acceptors (Lipinski definition) is 1. The molecule has 1 aromatic rings. The lowest BCUT2D eigenvalue weighted by Gasteiger charge is -2.12. The summed E-state index contributed by atoms with van der Waals surface area (Å²) in [6.07, 6.45) is 12.1. The van der Waals surface area contributed by atoms with Crippen LogP contribution >= 0.6 is 0 Å². The van der Waals surface area contributed by atoms with Crippen molar-refractivity contribution in [2.75, 3.05) is 0 Å². The van der Waals surface area contributed by atoms with Gasteiger partial charge in [0.2, 0.25) is 0 Å². The summed E-state index contributed by atoms with van der Waals surface area (Å²) >= 11 is 0. The molecule has 0 saturated heterocycles. The van der Waals surface area contributed by atoms with Gasteiger partial charge in [-0.3, -0.25) is 0 Å². The van der Waals surface area contributed by atoms with Crippen LogP contribution in [0.4, 0.5) is 0 Å². The van der Waals surface area contributed by atoms with Gasteiger partial charge in [-0.2, -0.15) is 0 Å². The van der Waals surface area contributed by atoms with Crippen LogP contribution in [0.15, 0.2) is 12.4 Å². The summed E-state index contributed by atoms with van der Waals surface area (Å²) in [7, 11) is 0. The predicted molar refractivity (Wildman–Crippen MR) is 58.2 cm³/mol. The van der Waals surface area contributed by atoms with Crippen LogP contribution in [0.3, 0.4) is 0 Å². The Kier molecular flexibility index (Phi) is 3.22. The second-order valence-electron chi connectivity index (χ2n) is 4.40. The van der Waals surface area contributed by atoms with Crippen molar-refractivity contribution in [3.63, 3.8) is 0 Å². The van der Waals surface area contributed by atoms with Gasteiger partial charge in [0, 0.05) is 25.4 Å². The molecular formula is C12H20N2. The van der Waals surface area contributed by atoms with Crippen molar-refractivity contribution in [2.45, 2.75) is 52.0 Å². The maximum absolute atomic E-state index is 4.41. The van der Waals surface area contributed by atoms with Crippen molar-refractivity contribution in [3.05, 3.63) is 18.2 Å². The molecule has 0 spiro atoms. The van der Waals surface area contributed by atoms with Crippen molar-refractivity contribution >= 4 is 0 Å². The van der Waals surface area contributed by atoms with Gasteiger partial charge in [-0.1, -0.05) is 19.8 Å². The number of rotatable bonds is 4. The normalized spacial score (nSPS) is 17.8. The van der Waals surface area contributed by atoms with E-state index in [4.69, 9.17) is 0 Å². The molecule has 78 valence electrons. The fourth-order valence-corrected chi connectivity index (χ4v) is 2.43. The van der Waals surface area contributed by atoms with E-state index in [9.17, 15) is 0 Å². The number of imidazole rings is 1. The van der Waals surface area contributed by atoms with Crippen LogP contribution in [-0.2, 0) is 13.0 Å². The van der Waals surface area contributed by atoms with E-state index < -0.39 is 0 Å². The molecule has 0 N–H and O–H groups in total. The smallest absolute Gasteiger partial charge is 0.108 e. The first-order valence-corrected chi connectivity index (χ1v) is 5.90. The molecule has 2 heteroatoms. The second kappa shape index (κ2) is 4.63. The highest BCUT2D eigenvalue weighted by atomic mass is 15.1. The fraction of sp³-hybridized carbons (Fsp3) is 0.750. The molecule has 0 aromatic carbocycles. The molecular weight excluding hydrogens is 172 g/mol. The van der Waals surface area contributed by atoms with Crippen molar-refractivity contribution in [2.24, 2.45) is 5.92 Å². The number of aromatic nitrogens is 2. The average molecular weight is 192 g/mol. The average Bonchev–Trinajstić information content (AvgIpc) is 2.80. The Labute approximate surface area is 86.3 Å². The predicted octanol–water partition coefficient (Wildman–Crippen LogP) is 3.03. The molecule has 1 aliphatic carbocycles. The van der Waals surface area contributed by atoms with Gasteiger partial charge in [0.15, 0.2) is 0 Å². The van der Waals surface area contributed by atoms with E-state index in [1.165, 1.54) is 44.5 Å². The minimum Gasteiger partial charge on any atom is -0.335 e. The molecule has 1 fully saturated rings. The maximum atomic E-state index is 4.41. The third kappa shape index (κ3) is 2.17. The monoisotopic (exact) mass is 192 g/mol. The van der Waals surface area contributed by atoms with Crippen LogP contribution in [0.5, 0.6) is 0 Å². The Hall–Kier alpha value is -0.790. The van der Waals surface area contributed by atoms with Gasteiger partial charge in [-0.25, -0.2) is 4.98 Å². The van der Waals surface area contributed by atoms with Gasteiger partial charge in [0.1, 0.15) is 5.82 Å². The SMILES string of the molecule is CCCc1nccn1CC1CCCC1. The van der Waals surface area contributed by atoms with E-state index in [2.05, 4.69) is 22.7 Å².